The lowest BCUT2D eigenvalue weighted by molar-refractivity contribution is 0.222. The van der Waals surface area contributed by atoms with Gasteiger partial charge in [-0.05, 0) is 36.2 Å². The van der Waals surface area contributed by atoms with Crippen LogP contribution >= 0.6 is 0 Å². The standard InChI is InChI=1S/C23H20N4O/c28-23(27-13-10-18(15-27)16-6-2-1-3-7-16)26-20-14-17-8-4-11-24-21(17)19-9-5-12-25-22(19)20/h1-9,11-12,14,18H,10,13,15H2,(H,26,28)/t18-/m0/s1. The lowest BCUT2D eigenvalue weighted by Crippen LogP contribution is -2.32. The Bertz CT molecular complexity index is 1160. The second kappa shape index (κ2) is 6.93. The van der Waals surface area contributed by atoms with Gasteiger partial charge in [-0.1, -0.05) is 36.4 Å². The smallest absolute Gasteiger partial charge is 0.321 e. The maximum atomic E-state index is 12.9. The van der Waals surface area contributed by atoms with Crippen LogP contribution in [0, 0.1) is 0 Å². The fourth-order valence-corrected chi connectivity index (χ4v) is 4.03. The first-order chi connectivity index (χ1) is 13.8. The molecule has 5 heteroatoms. The van der Waals surface area contributed by atoms with Crippen molar-refractivity contribution in [3.8, 4) is 0 Å². The van der Waals surface area contributed by atoms with Crippen LogP contribution in [-0.4, -0.2) is 34.0 Å². The van der Waals surface area contributed by atoms with Crippen molar-refractivity contribution < 1.29 is 4.79 Å². The van der Waals surface area contributed by atoms with Crippen molar-refractivity contribution in [3.05, 3.63) is 78.6 Å². The van der Waals surface area contributed by atoms with Gasteiger partial charge in [-0.2, -0.15) is 0 Å². The van der Waals surface area contributed by atoms with Crippen LogP contribution in [0.5, 0.6) is 0 Å². The van der Waals surface area contributed by atoms with E-state index in [9.17, 15) is 4.79 Å². The number of amides is 2. The molecule has 4 aromatic rings. The highest BCUT2D eigenvalue weighted by atomic mass is 16.2. The molecule has 28 heavy (non-hydrogen) atoms. The number of pyridine rings is 2. The highest BCUT2D eigenvalue weighted by molar-refractivity contribution is 6.11. The van der Waals surface area contributed by atoms with Crippen LogP contribution in [0.15, 0.2) is 73.1 Å². The van der Waals surface area contributed by atoms with Crippen molar-refractivity contribution in [2.45, 2.75) is 12.3 Å². The minimum atomic E-state index is -0.0753. The Balaban J connectivity index is 1.43. The lowest BCUT2D eigenvalue weighted by atomic mass is 9.99. The first kappa shape index (κ1) is 16.7. The van der Waals surface area contributed by atoms with Crippen LogP contribution in [-0.2, 0) is 0 Å². The number of carbonyl (C=O) groups excluding carboxylic acids is 1. The van der Waals surface area contributed by atoms with E-state index in [4.69, 9.17) is 0 Å². The molecule has 0 saturated carbocycles. The van der Waals surface area contributed by atoms with Crippen molar-refractivity contribution in [1.29, 1.82) is 0 Å². The SMILES string of the molecule is O=C(Nc1cc2cccnc2c2cccnc12)N1CC[C@H](c2ccccc2)C1. The van der Waals surface area contributed by atoms with E-state index in [0.717, 1.165) is 47.0 Å². The Kier molecular flexibility index (Phi) is 4.13. The van der Waals surface area contributed by atoms with E-state index in [-0.39, 0.29) is 6.03 Å². The van der Waals surface area contributed by atoms with Crippen LogP contribution in [0.3, 0.4) is 0 Å². The molecule has 0 aliphatic carbocycles. The van der Waals surface area contributed by atoms with Gasteiger partial charge < -0.3 is 10.2 Å². The topological polar surface area (TPSA) is 58.1 Å². The zero-order chi connectivity index (χ0) is 18.9. The Labute approximate surface area is 163 Å². The molecular formula is C23H20N4O. The summed E-state index contributed by atoms with van der Waals surface area (Å²) >= 11 is 0. The Morgan fingerprint density at radius 3 is 2.61 bits per heavy atom. The van der Waals surface area contributed by atoms with Crippen LogP contribution < -0.4 is 5.32 Å². The van der Waals surface area contributed by atoms with Crippen LogP contribution in [0.25, 0.3) is 21.8 Å². The largest absolute Gasteiger partial charge is 0.324 e. The number of urea groups is 1. The van der Waals surface area contributed by atoms with Crippen LogP contribution in [0.4, 0.5) is 10.5 Å². The van der Waals surface area contributed by atoms with Gasteiger partial charge in [-0.25, -0.2) is 4.79 Å². The summed E-state index contributed by atoms with van der Waals surface area (Å²) in [7, 11) is 0. The molecule has 1 fully saturated rings. The number of nitrogens with zero attached hydrogens (tertiary/aromatic N) is 3. The number of likely N-dealkylation sites (tertiary alicyclic amines) is 1. The molecule has 2 aromatic carbocycles. The van der Waals surface area contributed by atoms with E-state index in [1.807, 2.05) is 41.3 Å². The van der Waals surface area contributed by atoms with Gasteiger partial charge in [0.1, 0.15) is 0 Å². The average molecular weight is 368 g/mol. The molecule has 138 valence electrons. The Morgan fingerprint density at radius 1 is 0.964 bits per heavy atom. The monoisotopic (exact) mass is 368 g/mol. The molecule has 1 saturated heterocycles. The number of nitrogens with one attached hydrogen (secondary N) is 1. The normalized spacial score (nSPS) is 16.6. The van der Waals surface area contributed by atoms with E-state index >= 15 is 0 Å². The second-order valence-electron chi connectivity index (χ2n) is 7.17. The number of hydrogen-bond acceptors (Lipinski definition) is 3. The molecule has 0 spiro atoms. The van der Waals surface area contributed by atoms with Crippen molar-refractivity contribution in [2.24, 2.45) is 0 Å². The van der Waals surface area contributed by atoms with Crippen LogP contribution in [0.1, 0.15) is 17.9 Å². The van der Waals surface area contributed by atoms with Crippen molar-refractivity contribution >= 4 is 33.5 Å². The third kappa shape index (κ3) is 2.95. The van der Waals surface area contributed by atoms with Gasteiger partial charge in [-0.15, -0.1) is 0 Å². The first-order valence-electron chi connectivity index (χ1n) is 9.53. The summed E-state index contributed by atoms with van der Waals surface area (Å²) in [4.78, 5) is 23.8. The van der Waals surface area contributed by atoms with E-state index in [1.165, 1.54) is 5.56 Å². The molecular weight excluding hydrogens is 348 g/mol. The highest BCUT2D eigenvalue weighted by Gasteiger charge is 2.27. The zero-order valence-corrected chi connectivity index (χ0v) is 15.4. The minimum Gasteiger partial charge on any atom is -0.324 e. The van der Waals surface area contributed by atoms with E-state index in [0.29, 0.717) is 5.92 Å². The van der Waals surface area contributed by atoms with Crippen molar-refractivity contribution in [2.75, 3.05) is 18.4 Å². The Hall–Kier alpha value is -3.47. The summed E-state index contributed by atoms with van der Waals surface area (Å²) in [6.45, 7) is 1.49. The number of benzene rings is 2. The quantitative estimate of drug-likeness (QED) is 0.517. The fourth-order valence-electron chi connectivity index (χ4n) is 4.03. The zero-order valence-electron chi connectivity index (χ0n) is 15.4. The third-order valence-electron chi connectivity index (χ3n) is 5.44. The van der Waals surface area contributed by atoms with Gasteiger partial charge in [0.2, 0.25) is 0 Å². The molecule has 3 heterocycles. The third-order valence-corrected chi connectivity index (χ3v) is 5.44. The van der Waals surface area contributed by atoms with Gasteiger partial charge in [0.15, 0.2) is 0 Å². The van der Waals surface area contributed by atoms with Gasteiger partial charge in [0.05, 0.1) is 16.7 Å². The second-order valence-corrected chi connectivity index (χ2v) is 7.17. The minimum absolute atomic E-state index is 0.0753. The molecule has 1 N–H and O–H groups in total. The van der Waals surface area contributed by atoms with Gasteiger partial charge in [-0.3, -0.25) is 9.97 Å². The molecule has 1 aliphatic rings. The molecule has 2 aromatic heterocycles. The molecule has 0 radical (unpaired) electrons. The molecule has 5 nitrogen and oxygen atoms in total. The number of fused-ring (bicyclic) bond motifs is 3. The lowest BCUT2D eigenvalue weighted by Gasteiger charge is -2.18. The maximum Gasteiger partial charge on any atom is 0.321 e. The molecule has 2 amide bonds. The summed E-state index contributed by atoms with van der Waals surface area (Å²) in [6.07, 6.45) is 4.51. The van der Waals surface area contributed by atoms with Gasteiger partial charge >= 0.3 is 6.03 Å². The number of carbonyl (C=O) groups is 1. The predicted octanol–water partition coefficient (Wildman–Crippen LogP) is 4.80. The summed E-state index contributed by atoms with van der Waals surface area (Å²) in [5.41, 5.74) is 3.68. The summed E-state index contributed by atoms with van der Waals surface area (Å²) < 4.78 is 0. The van der Waals surface area contributed by atoms with Gasteiger partial charge in [0.25, 0.3) is 0 Å². The van der Waals surface area contributed by atoms with E-state index in [2.05, 4.69) is 39.6 Å². The van der Waals surface area contributed by atoms with Gasteiger partial charge in [0, 0.05) is 42.2 Å². The summed E-state index contributed by atoms with van der Waals surface area (Å²) in [6, 6.07) is 20.1. The predicted molar refractivity (Wildman–Crippen MR) is 111 cm³/mol. The van der Waals surface area contributed by atoms with Crippen molar-refractivity contribution in [1.82, 2.24) is 14.9 Å². The first-order valence-corrected chi connectivity index (χ1v) is 9.53. The van der Waals surface area contributed by atoms with Crippen LogP contribution in [0.2, 0.25) is 0 Å². The number of aromatic nitrogens is 2. The molecule has 0 bridgehead atoms. The highest BCUT2D eigenvalue weighted by Crippen LogP contribution is 2.31. The molecule has 0 unspecified atom stereocenters. The summed E-state index contributed by atoms with van der Waals surface area (Å²) in [5.74, 6) is 0.391. The molecule has 1 aliphatic heterocycles. The Morgan fingerprint density at radius 2 is 1.75 bits per heavy atom. The maximum absolute atomic E-state index is 12.9. The number of rotatable bonds is 2. The van der Waals surface area contributed by atoms with E-state index < -0.39 is 0 Å². The number of anilines is 1. The molecule has 5 rings (SSSR count). The average Bonchev–Trinajstić information content (AvgIpc) is 3.25. The molecule has 1 atom stereocenters. The van der Waals surface area contributed by atoms with E-state index in [1.54, 1.807) is 12.4 Å². The number of hydrogen-bond donors (Lipinski definition) is 1. The fraction of sp³-hybridized carbons (Fsp3) is 0.174. The van der Waals surface area contributed by atoms with Crippen molar-refractivity contribution in [3.63, 3.8) is 0 Å². The summed E-state index contributed by atoms with van der Waals surface area (Å²) in [5, 5.41) is 5.02.